The molecule has 2 aromatic rings. The van der Waals surface area contributed by atoms with Crippen LogP contribution in [0.1, 0.15) is 48.4 Å². The van der Waals surface area contributed by atoms with Crippen molar-refractivity contribution in [3.8, 4) is 5.75 Å². The van der Waals surface area contributed by atoms with Gasteiger partial charge in [0.05, 0.1) is 10.7 Å². The molecule has 0 spiro atoms. The number of hydrogen-bond donors (Lipinski definition) is 0. The summed E-state index contributed by atoms with van der Waals surface area (Å²) in [6.07, 6.45) is 2.23. The van der Waals surface area contributed by atoms with E-state index < -0.39 is 0 Å². The number of Topliss-reactive ketones (excluding diaryl/α,β-unsaturated/α-hetero) is 1. The summed E-state index contributed by atoms with van der Waals surface area (Å²) in [6.45, 7) is 6.60. The first-order valence-electron chi connectivity index (χ1n) is 8.85. The Bertz CT molecular complexity index is 764. The second kappa shape index (κ2) is 7.57. The molecule has 4 heteroatoms. The topological polar surface area (TPSA) is 39.2 Å². The number of carbonyl (C=O) groups is 1. The number of ether oxygens (including phenoxy) is 1. The number of benzene rings is 1. The highest BCUT2D eigenvalue weighted by Gasteiger charge is 2.36. The van der Waals surface area contributed by atoms with Gasteiger partial charge in [0.2, 0.25) is 0 Å². The van der Waals surface area contributed by atoms with E-state index in [1.54, 1.807) is 0 Å². The van der Waals surface area contributed by atoms with Crippen LogP contribution in [0.25, 0.3) is 0 Å². The third-order valence-electron chi connectivity index (χ3n) is 5.13. The lowest BCUT2D eigenvalue weighted by atomic mass is 9.86. The summed E-state index contributed by atoms with van der Waals surface area (Å²) in [5, 5.41) is 0.584. The Morgan fingerprint density at radius 3 is 2.60 bits per heavy atom. The van der Waals surface area contributed by atoms with Crippen molar-refractivity contribution in [3.63, 3.8) is 0 Å². The van der Waals surface area contributed by atoms with Crippen LogP contribution in [0.2, 0.25) is 5.02 Å². The average molecular weight is 358 g/mol. The molecule has 3 nitrogen and oxygen atoms in total. The minimum absolute atomic E-state index is 0.0789. The Kier molecular flexibility index (Phi) is 5.43. The van der Waals surface area contributed by atoms with Gasteiger partial charge in [-0.25, -0.2) is 4.98 Å². The molecule has 0 bridgehead atoms. The van der Waals surface area contributed by atoms with Gasteiger partial charge in [-0.05, 0) is 61.4 Å². The SMILES string of the molecule is Cc1ccc(OCc2cccc(C(=O)C3C(C)CCC3C)n2)c(Cl)c1. The van der Waals surface area contributed by atoms with E-state index in [0.29, 0.717) is 34.9 Å². The molecule has 3 rings (SSSR count). The number of nitrogens with zero attached hydrogens (tertiary/aromatic N) is 1. The molecule has 0 radical (unpaired) electrons. The van der Waals surface area contributed by atoms with Crippen molar-refractivity contribution in [1.29, 1.82) is 0 Å². The first-order chi connectivity index (χ1) is 12.0. The maximum absolute atomic E-state index is 12.9. The number of aromatic nitrogens is 1. The van der Waals surface area contributed by atoms with Gasteiger partial charge in [0, 0.05) is 5.92 Å². The number of rotatable bonds is 5. The molecular weight excluding hydrogens is 334 g/mol. The van der Waals surface area contributed by atoms with Crippen LogP contribution in [0.3, 0.4) is 0 Å². The summed E-state index contributed by atoms with van der Waals surface area (Å²) in [5.74, 6) is 1.72. The van der Waals surface area contributed by atoms with E-state index in [1.807, 2.05) is 43.3 Å². The molecule has 1 aliphatic carbocycles. The van der Waals surface area contributed by atoms with Gasteiger partial charge in [-0.15, -0.1) is 0 Å². The third-order valence-corrected chi connectivity index (χ3v) is 5.42. The molecule has 0 N–H and O–H groups in total. The number of halogens is 1. The maximum Gasteiger partial charge on any atom is 0.184 e. The van der Waals surface area contributed by atoms with Gasteiger partial charge >= 0.3 is 0 Å². The lowest BCUT2D eigenvalue weighted by Gasteiger charge is -2.18. The predicted octanol–water partition coefficient (Wildman–Crippen LogP) is 5.49. The Labute approximate surface area is 154 Å². The molecule has 1 heterocycles. The summed E-state index contributed by atoms with van der Waals surface area (Å²) in [4.78, 5) is 17.4. The second-order valence-corrected chi connectivity index (χ2v) is 7.57. The molecule has 132 valence electrons. The van der Waals surface area contributed by atoms with Crippen molar-refractivity contribution in [2.24, 2.45) is 17.8 Å². The van der Waals surface area contributed by atoms with Gasteiger partial charge < -0.3 is 4.74 Å². The van der Waals surface area contributed by atoms with Gasteiger partial charge in [-0.3, -0.25) is 4.79 Å². The van der Waals surface area contributed by atoms with Crippen LogP contribution < -0.4 is 4.74 Å². The Balaban J connectivity index is 1.72. The summed E-state index contributed by atoms with van der Waals surface area (Å²) in [6, 6.07) is 11.2. The van der Waals surface area contributed by atoms with Gasteiger partial charge in [0.15, 0.2) is 5.78 Å². The Hall–Kier alpha value is -1.87. The zero-order chi connectivity index (χ0) is 18.0. The first kappa shape index (κ1) is 17.9. The van der Waals surface area contributed by atoms with Crippen LogP contribution >= 0.6 is 11.6 Å². The number of ketones is 1. The molecule has 1 aromatic heterocycles. The fourth-order valence-electron chi connectivity index (χ4n) is 3.71. The van der Waals surface area contributed by atoms with Crippen molar-refractivity contribution < 1.29 is 9.53 Å². The summed E-state index contributed by atoms with van der Waals surface area (Å²) < 4.78 is 5.77. The molecule has 1 aromatic carbocycles. The fraction of sp³-hybridized carbons (Fsp3) is 0.429. The molecule has 0 amide bonds. The minimum Gasteiger partial charge on any atom is -0.486 e. The van der Waals surface area contributed by atoms with Crippen LogP contribution in [0.5, 0.6) is 5.75 Å². The Morgan fingerprint density at radius 1 is 1.20 bits per heavy atom. The second-order valence-electron chi connectivity index (χ2n) is 7.16. The Morgan fingerprint density at radius 2 is 1.92 bits per heavy atom. The number of carbonyl (C=O) groups excluding carboxylic acids is 1. The van der Waals surface area contributed by atoms with Crippen molar-refractivity contribution in [2.45, 2.75) is 40.2 Å². The molecular formula is C21H24ClNO2. The lowest BCUT2D eigenvalue weighted by Crippen LogP contribution is -2.23. The first-order valence-corrected chi connectivity index (χ1v) is 9.22. The van der Waals surface area contributed by atoms with Gasteiger partial charge in [-0.2, -0.15) is 0 Å². The number of aryl methyl sites for hydroxylation is 1. The van der Waals surface area contributed by atoms with E-state index in [4.69, 9.17) is 16.3 Å². The highest BCUT2D eigenvalue weighted by molar-refractivity contribution is 6.32. The number of pyridine rings is 1. The molecule has 1 aliphatic rings. The lowest BCUT2D eigenvalue weighted by molar-refractivity contribution is 0.0861. The van der Waals surface area contributed by atoms with Crippen LogP contribution in [0.15, 0.2) is 36.4 Å². The highest BCUT2D eigenvalue weighted by Crippen LogP contribution is 2.38. The average Bonchev–Trinajstić information content (AvgIpc) is 2.92. The quantitative estimate of drug-likeness (QED) is 0.664. The zero-order valence-corrected chi connectivity index (χ0v) is 15.7. The van der Waals surface area contributed by atoms with Crippen LogP contribution in [0, 0.1) is 24.7 Å². The molecule has 1 fully saturated rings. The van der Waals surface area contributed by atoms with Crippen molar-refractivity contribution in [2.75, 3.05) is 0 Å². The third kappa shape index (κ3) is 4.04. The smallest absolute Gasteiger partial charge is 0.184 e. The van der Waals surface area contributed by atoms with Crippen LogP contribution in [-0.4, -0.2) is 10.8 Å². The minimum atomic E-state index is 0.0789. The van der Waals surface area contributed by atoms with E-state index >= 15 is 0 Å². The molecule has 2 unspecified atom stereocenters. The molecule has 2 atom stereocenters. The van der Waals surface area contributed by atoms with E-state index in [9.17, 15) is 4.79 Å². The van der Waals surface area contributed by atoms with Crippen molar-refractivity contribution in [3.05, 3.63) is 58.4 Å². The fourth-order valence-corrected chi connectivity index (χ4v) is 3.99. The highest BCUT2D eigenvalue weighted by atomic mass is 35.5. The van der Waals surface area contributed by atoms with Gasteiger partial charge in [0.25, 0.3) is 0 Å². The van der Waals surface area contributed by atoms with Crippen molar-refractivity contribution in [1.82, 2.24) is 4.98 Å². The van der Waals surface area contributed by atoms with E-state index in [0.717, 1.165) is 24.1 Å². The van der Waals surface area contributed by atoms with Gasteiger partial charge in [-0.1, -0.05) is 37.6 Å². The van der Waals surface area contributed by atoms with E-state index in [2.05, 4.69) is 18.8 Å². The van der Waals surface area contributed by atoms with Crippen molar-refractivity contribution >= 4 is 17.4 Å². The molecule has 25 heavy (non-hydrogen) atoms. The standard InChI is InChI=1S/C21H24ClNO2/c1-13-7-10-19(17(22)11-13)25-12-16-5-4-6-18(23-16)21(24)20-14(2)8-9-15(20)3/h4-7,10-11,14-15,20H,8-9,12H2,1-3H3. The summed E-state index contributed by atoms with van der Waals surface area (Å²) >= 11 is 6.20. The largest absolute Gasteiger partial charge is 0.486 e. The zero-order valence-electron chi connectivity index (χ0n) is 15.0. The van der Waals surface area contributed by atoms with Crippen LogP contribution in [-0.2, 0) is 6.61 Å². The maximum atomic E-state index is 12.9. The van der Waals surface area contributed by atoms with E-state index in [-0.39, 0.29) is 11.7 Å². The van der Waals surface area contributed by atoms with Crippen LogP contribution in [0.4, 0.5) is 0 Å². The predicted molar refractivity (Wildman–Crippen MR) is 100 cm³/mol. The van der Waals surface area contributed by atoms with Gasteiger partial charge in [0.1, 0.15) is 18.1 Å². The molecule has 0 aliphatic heterocycles. The summed E-state index contributed by atoms with van der Waals surface area (Å²) in [7, 11) is 0. The monoisotopic (exact) mass is 357 g/mol. The summed E-state index contributed by atoms with van der Waals surface area (Å²) in [5.41, 5.74) is 2.37. The number of hydrogen-bond acceptors (Lipinski definition) is 3. The normalized spacial score (nSPS) is 22.8. The molecule has 0 saturated heterocycles. The molecule has 1 saturated carbocycles. The van der Waals surface area contributed by atoms with E-state index in [1.165, 1.54) is 0 Å².